The third-order valence-corrected chi connectivity index (χ3v) is 8.53. The number of carbonyl (C=O) groups is 1. The van der Waals surface area contributed by atoms with Gasteiger partial charge in [0.25, 0.3) is 5.56 Å². The molecular formula is C22H28Cl2N3O8PS. The lowest BCUT2D eigenvalue weighted by Crippen LogP contribution is -2.42. The summed E-state index contributed by atoms with van der Waals surface area (Å²) in [7, 11) is 0. The molecule has 0 spiro atoms. The van der Waals surface area contributed by atoms with E-state index in [0.29, 0.717) is 5.75 Å². The Kier molecular flexibility index (Phi) is 9.63. The molecule has 1 aliphatic rings. The fourth-order valence-corrected chi connectivity index (χ4v) is 6.38. The Bertz CT molecular complexity index is 1270. The molecule has 5 atom stereocenters. The van der Waals surface area contributed by atoms with E-state index in [-0.39, 0.29) is 18.3 Å². The SMILES string of the molecule is Cc1cn(C2OC(COP(=S)(NC(C)C(=O)OC(C)C)Oc3ccccc3)C(O)C2(Cl)Cl)c(=O)[nH]c1=O. The largest absolute Gasteiger partial charge is 0.462 e. The molecule has 204 valence electrons. The molecule has 2 heterocycles. The van der Waals surface area contributed by atoms with Crippen molar-refractivity contribution in [2.45, 2.75) is 62.6 Å². The predicted molar refractivity (Wildman–Crippen MR) is 142 cm³/mol. The van der Waals surface area contributed by atoms with Gasteiger partial charge >= 0.3 is 18.3 Å². The van der Waals surface area contributed by atoms with E-state index < -0.39 is 52.7 Å². The number of aliphatic hydroxyl groups excluding tert-OH is 1. The molecule has 0 saturated carbocycles. The number of rotatable bonds is 10. The summed E-state index contributed by atoms with van der Waals surface area (Å²) >= 11 is 18.4. The third kappa shape index (κ3) is 7.21. The Labute approximate surface area is 228 Å². The molecule has 3 rings (SSSR count). The van der Waals surface area contributed by atoms with E-state index >= 15 is 0 Å². The number of alkyl halides is 2. The molecule has 0 bridgehead atoms. The van der Waals surface area contributed by atoms with Crippen molar-refractivity contribution < 1.29 is 28.4 Å². The van der Waals surface area contributed by atoms with Crippen molar-refractivity contribution in [3.63, 3.8) is 0 Å². The quantitative estimate of drug-likeness (QED) is 0.213. The van der Waals surface area contributed by atoms with Crippen molar-refractivity contribution in [1.29, 1.82) is 0 Å². The molecule has 0 radical (unpaired) electrons. The number of hydrogen-bond acceptors (Lipinski definition) is 9. The van der Waals surface area contributed by atoms with Crippen LogP contribution in [0, 0.1) is 6.92 Å². The molecule has 15 heteroatoms. The number of hydrogen-bond donors (Lipinski definition) is 3. The van der Waals surface area contributed by atoms with Gasteiger partial charge in [0, 0.05) is 11.8 Å². The second kappa shape index (κ2) is 12.0. The standard InChI is InChI=1S/C22H28Cl2N3O8PS/c1-12(2)33-19(30)14(4)26-36(37,35-15-8-6-5-7-9-15)32-11-16-17(28)22(23,24)20(34-16)27-10-13(3)18(29)25-21(27)31/h5-10,12,14,16-17,20,28H,11H2,1-4H3,(H,26,37)(H,25,29,31). The van der Waals surface area contributed by atoms with E-state index in [2.05, 4.69) is 10.1 Å². The molecule has 1 aromatic carbocycles. The molecule has 11 nitrogen and oxygen atoms in total. The van der Waals surface area contributed by atoms with Gasteiger partial charge in [0.15, 0.2) is 10.6 Å². The normalized spacial score (nSPS) is 23.4. The molecule has 0 aliphatic carbocycles. The number of benzene rings is 1. The summed E-state index contributed by atoms with van der Waals surface area (Å²) in [6, 6.07) is 7.69. The van der Waals surface area contributed by atoms with Gasteiger partial charge in [-0.3, -0.25) is 19.1 Å². The number of para-hydroxylation sites is 1. The number of H-pyrrole nitrogens is 1. The van der Waals surface area contributed by atoms with Gasteiger partial charge in [-0.05, 0) is 51.6 Å². The predicted octanol–water partition coefficient (Wildman–Crippen LogP) is 2.53. The maximum atomic E-state index is 12.4. The molecule has 5 unspecified atom stereocenters. The fraction of sp³-hybridized carbons (Fsp3) is 0.500. The van der Waals surface area contributed by atoms with Gasteiger partial charge in [-0.2, -0.15) is 0 Å². The smallest absolute Gasteiger partial charge is 0.330 e. The van der Waals surface area contributed by atoms with Gasteiger partial charge in [-0.25, -0.2) is 9.88 Å². The van der Waals surface area contributed by atoms with Crippen LogP contribution in [0.2, 0.25) is 0 Å². The maximum Gasteiger partial charge on any atom is 0.330 e. The van der Waals surface area contributed by atoms with Crippen molar-refractivity contribution in [3.8, 4) is 5.75 Å². The molecule has 1 saturated heterocycles. The van der Waals surface area contributed by atoms with Crippen LogP contribution in [0.25, 0.3) is 0 Å². The molecule has 1 aliphatic heterocycles. The van der Waals surface area contributed by atoms with Crippen molar-refractivity contribution in [1.82, 2.24) is 14.6 Å². The number of carbonyl (C=O) groups excluding carboxylic acids is 1. The van der Waals surface area contributed by atoms with Gasteiger partial charge in [0.1, 0.15) is 24.0 Å². The van der Waals surface area contributed by atoms with Crippen LogP contribution in [0.1, 0.15) is 32.6 Å². The zero-order valence-electron chi connectivity index (χ0n) is 20.4. The van der Waals surface area contributed by atoms with Crippen LogP contribution in [-0.2, 0) is 30.6 Å². The summed E-state index contributed by atoms with van der Waals surface area (Å²) in [6.07, 6.45) is -3.15. The summed E-state index contributed by atoms with van der Waals surface area (Å²) < 4.78 is 21.9. The average Bonchev–Trinajstić information content (AvgIpc) is 3.03. The van der Waals surface area contributed by atoms with Gasteiger partial charge in [-0.15, -0.1) is 0 Å². The van der Waals surface area contributed by atoms with Gasteiger partial charge in [-0.1, -0.05) is 41.4 Å². The summed E-state index contributed by atoms with van der Waals surface area (Å²) in [4.78, 5) is 38.6. The van der Waals surface area contributed by atoms with E-state index in [1.54, 1.807) is 51.1 Å². The van der Waals surface area contributed by atoms with Crippen LogP contribution >= 0.6 is 29.8 Å². The Balaban J connectivity index is 1.82. The van der Waals surface area contributed by atoms with Crippen LogP contribution < -0.4 is 20.9 Å². The summed E-state index contributed by atoms with van der Waals surface area (Å²) in [5.41, 5.74) is -1.19. The van der Waals surface area contributed by atoms with Crippen molar-refractivity contribution in [2.24, 2.45) is 0 Å². The summed E-state index contributed by atoms with van der Waals surface area (Å²) in [5, 5.41) is 13.7. The molecule has 1 fully saturated rings. The number of halogens is 2. The number of aliphatic hydroxyl groups is 1. The highest BCUT2D eigenvalue weighted by Gasteiger charge is 2.56. The Morgan fingerprint density at radius 2 is 1.95 bits per heavy atom. The molecule has 37 heavy (non-hydrogen) atoms. The lowest BCUT2D eigenvalue weighted by atomic mass is 10.1. The van der Waals surface area contributed by atoms with Gasteiger partial charge in [0.05, 0.1) is 12.7 Å². The second-order valence-electron chi connectivity index (χ2n) is 8.66. The summed E-state index contributed by atoms with van der Waals surface area (Å²) in [6.45, 7) is 2.66. The highest BCUT2D eigenvalue weighted by atomic mass is 35.5. The van der Waals surface area contributed by atoms with Crippen LogP contribution in [-0.4, -0.2) is 55.9 Å². The molecule has 3 N–H and O–H groups in total. The molecule has 2 aromatic rings. The minimum atomic E-state index is -3.44. The highest BCUT2D eigenvalue weighted by Crippen LogP contribution is 2.49. The first-order valence-electron chi connectivity index (χ1n) is 11.2. The second-order valence-corrected chi connectivity index (χ2v) is 13.2. The van der Waals surface area contributed by atoms with Gasteiger partial charge < -0.3 is 23.6 Å². The Morgan fingerprint density at radius 1 is 1.30 bits per heavy atom. The van der Waals surface area contributed by atoms with Crippen LogP contribution in [0.5, 0.6) is 5.75 Å². The van der Waals surface area contributed by atoms with E-state index in [1.165, 1.54) is 13.1 Å². The number of aromatic nitrogens is 2. The average molecular weight is 596 g/mol. The van der Waals surface area contributed by atoms with Crippen LogP contribution in [0.15, 0.2) is 46.1 Å². The topological polar surface area (TPSA) is 141 Å². The van der Waals surface area contributed by atoms with Crippen molar-refractivity contribution in [2.75, 3.05) is 6.61 Å². The Morgan fingerprint density at radius 3 is 2.57 bits per heavy atom. The number of aromatic amines is 1. The lowest BCUT2D eigenvalue weighted by Gasteiger charge is -2.28. The van der Waals surface area contributed by atoms with E-state index in [4.69, 9.17) is 53.5 Å². The number of aryl methyl sites for hydroxylation is 1. The minimum absolute atomic E-state index is 0.208. The number of esters is 1. The first-order chi connectivity index (χ1) is 17.2. The molecule has 0 amide bonds. The van der Waals surface area contributed by atoms with Crippen molar-refractivity contribution >= 4 is 47.6 Å². The van der Waals surface area contributed by atoms with Crippen LogP contribution in [0.4, 0.5) is 0 Å². The lowest BCUT2D eigenvalue weighted by molar-refractivity contribution is -0.149. The third-order valence-electron chi connectivity index (χ3n) is 5.21. The Hall–Kier alpha value is -1.76. The highest BCUT2D eigenvalue weighted by molar-refractivity contribution is 8.09. The van der Waals surface area contributed by atoms with Crippen LogP contribution in [0.3, 0.4) is 0 Å². The zero-order chi connectivity index (χ0) is 27.5. The first-order valence-corrected chi connectivity index (χ1v) is 14.6. The molecule has 1 aromatic heterocycles. The van der Waals surface area contributed by atoms with Gasteiger partial charge in [0.2, 0.25) is 0 Å². The monoisotopic (exact) mass is 595 g/mol. The van der Waals surface area contributed by atoms with E-state index in [0.717, 1.165) is 4.57 Å². The van der Waals surface area contributed by atoms with E-state index in [1.807, 2.05) is 0 Å². The van der Waals surface area contributed by atoms with Crippen molar-refractivity contribution in [3.05, 3.63) is 62.9 Å². The minimum Gasteiger partial charge on any atom is -0.462 e. The number of nitrogens with one attached hydrogen (secondary N) is 2. The fourth-order valence-electron chi connectivity index (χ4n) is 3.37. The summed E-state index contributed by atoms with van der Waals surface area (Å²) in [5.74, 6) is -0.178. The zero-order valence-corrected chi connectivity index (χ0v) is 23.6. The first kappa shape index (κ1) is 29.8. The maximum absolute atomic E-state index is 12.4. The number of nitrogens with zero attached hydrogens (tertiary/aromatic N) is 1. The van der Waals surface area contributed by atoms with E-state index in [9.17, 15) is 19.5 Å². The number of ether oxygens (including phenoxy) is 2. The molecular weight excluding hydrogens is 568 g/mol.